The molecule has 6 nitrogen and oxygen atoms in total. The van der Waals surface area contributed by atoms with E-state index in [1.165, 1.54) is 4.57 Å². The Morgan fingerprint density at radius 1 is 1.11 bits per heavy atom. The topological polar surface area (TPSA) is 66.0 Å². The van der Waals surface area contributed by atoms with Crippen LogP contribution in [-0.2, 0) is 4.79 Å². The number of Topliss-reactive ketones (excluding diaryl/α,β-unsaturated/α-hetero) is 1. The molecule has 1 aromatic carbocycles. The van der Waals surface area contributed by atoms with Crippen molar-refractivity contribution in [2.45, 2.75) is 31.8 Å². The molecule has 2 saturated carbocycles. The number of carbonyl (C=O) groups is 1. The van der Waals surface area contributed by atoms with E-state index >= 15 is 0 Å². The lowest BCUT2D eigenvalue weighted by atomic mass is 9.73. The van der Waals surface area contributed by atoms with Crippen LogP contribution in [0.25, 0.3) is 5.69 Å². The average Bonchev–Trinajstić information content (AvgIpc) is 3.13. The van der Waals surface area contributed by atoms with E-state index in [1.807, 2.05) is 37.3 Å². The van der Waals surface area contributed by atoms with Gasteiger partial charge >= 0.3 is 11.4 Å². The van der Waals surface area contributed by atoms with Gasteiger partial charge in [-0.05, 0) is 24.5 Å². The zero-order valence-electron chi connectivity index (χ0n) is 15.6. The minimum Gasteiger partial charge on any atom is -0.299 e. The largest absolute Gasteiger partial charge is 0.352 e. The molecule has 5 aliphatic rings. The van der Waals surface area contributed by atoms with Crippen LogP contribution in [0.5, 0.6) is 0 Å². The fraction of sp³-hybridized carbons (Fsp3) is 0.409. The van der Waals surface area contributed by atoms with Gasteiger partial charge in [0.25, 0.3) is 0 Å². The van der Waals surface area contributed by atoms with Crippen LogP contribution in [0.4, 0.5) is 0 Å². The first kappa shape index (κ1) is 16.1. The minimum absolute atomic E-state index is 0.0740. The number of rotatable bonds is 3. The summed E-state index contributed by atoms with van der Waals surface area (Å²) in [6, 6.07) is 8.51. The zero-order chi connectivity index (χ0) is 19.4. The highest BCUT2D eigenvalue weighted by Crippen LogP contribution is 2.87. The van der Waals surface area contributed by atoms with E-state index in [-0.39, 0.29) is 46.5 Å². The second kappa shape index (κ2) is 4.74. The standard InChI is InChI=1S/C22H21N3O3/c1-3-7-13-12-17(26)21(2)18-15-10-11-16(22(13,18)21)25-20(28)23(19(27)24(15)25)14-8-5-4-6-9-14/h3-6,8-11,13,15-16,18H,1,7,12H2,2H3/t13-,15?,16?,18-,21-,22?/m1/s1. The SMILES string of the molecule is C=CC[C@@H]1CC(=O)[C@]2(C)[C@H]3C4C=CC(n5c(=O)n(-c6ccccc6)c(=O)n54)C132. The van der Waals surface area contributed by atoms with Crippen molar-refractivity contribution < 1.29 is 4.79 Å². The summed E-state index contributed by atoms with van der Waals surface area (Å²) in [5.74, 6) is 0.510. The second-order valence-corrected chi connectivity index (χ2v) is 8.71. The molecule has 142 valence electrons. The molecule has 0 amide bonds. The van der Waals surface area contributed by atoms with Crippen LogP contribution < -0.4 is 11.4 Å². The van der Waals surface area contributed by atoms with E-state index in [1.54, 1.807) is 21.5 Å². The number of hydrogen-bond donors (Lipinski definition) is 0. The highest BCUT2D eigenvalue weighted by molar-refractivity contribution is 5.94. The molecule has 0 saturated heterocycles. The molecule has 6 heteroatoms. The number of ketones is 1. The van der Waals surface area contributed by atoms with Gasteiger partial charge in [-0.3, -0.25) is 4.79 Å². The van der Waals surface area contributed by atoms with Crippen LogP contribution in [0.2, 0.25) is 0 Å². The lowest BCUT2D eigenvalue weighted by molar-refractivity contribution is -0.123. The minimum atomic E-state index is -0.470. The number of carbonyl (C=O) groups excluding carboxylic acids is 1. The van der Waals surface area contributed by atoms with Gasteiger partial charge in [0.05, 0.1) is 17.8 Å². The summed E-state index contributed by atoms with van der Waals surface area (Å²) >= 11 is 0. The van der Waals surface area contributed by atoms with Gasteiger partial charge in [-0.2, -0.15) is 0 Å². The Morgan fingerprint density at radius 3 is 2.54 bits per heavy atom. The third-order valence-corrected chi connectivity index (χ3v) is 7.98. The number of aromatic nitrogens is 3. The molecule has 3 unspecified atom stereocenters. The monoisotopic (exact) mass is 375 g/mol. The van der Waals surface area contributed by atoms with E-state index in [2.05, 4.69) is 12.7 Å². The van der Waals surface area contributed by atoms with Gasteiger partial charge < -0.3 is 0 Å². The molecule has 1 aromatic heterocycles. The van der Waals surface area contributed by atoms with Crippen LogP contribution in [0.1, 0.15) is 31.8 Å². The summed E-state index contributed by atoms with van der Waals surface area (Å²) in [4.78, 5) is 39.7. The summed E-state index contributed by atoms with van der Waals surface area (Å²) in [6.07, 6.45) is 7.25. The summed E-state index contributed by atoms with van der Waals surface area (Å²) in [5, 5.41) is 0. The number of hydrogen-bond acceptors (Lipinski definition) is 3. The predicted octanol–water partition coefficient (Wildman–Crippen LogP) is 2.25. The Hall–Kier alpha value is -2.89. The van der Waals surface area contributed by atoms with Crippen molar-refractivity contribution in [1.82, 2.24) is 13.9 Å². The van der Waals surface area contributed by atoms with Crippen molar-refractivity contribution in [1.29, 1.82) is 0 Å². The van der Waals surface area contributed by atoms with E-state index in [4.69, 9.17) is 0 Å². The number of para-hydroxylation sites is 1. The Kier molecular flexibility index (Phi) is 2.73. The maximum atomic E-state index is 13.4. The maximum absolute atomic E-state index is 13.4. The summed E-state index contributed by atoms with van der Waals surface area (Å²) in [6.45, 7) is 5.93. The Labute approximate surface area is 161 Å². The van der Waals surface area contributed by atoms with Gasteiger partial charge in [0.15, 0.2) is 0 Å². The number of nitrogens with zero attached hydrogens (tertiary/aromatic N) is 3. The average molecular weight is 375 g/mol. The van der Waals surface area contributed by atoms with Gasteiger partial charge in [0.2, 0.25) is 0 Å². The number of allylic oxidation sites excluding steroid dienone is 3. The first-order valence-corrected chi connectivity index (χ1v) is 9.83. The Bertz CT molecular complexity index is 1200. The van der Waals surface area contributed by atoms with Crippen LogP contribution in [-0.4, -0.2) is 19.7 Å². The Morgan fingerprint density at radius 2 is 1.82 bits per heavy atom. The molecule has 3 heterocycles. The van der Waals surface area contributed by atoms with Crippen LogP contribution >= 0.6 is 0 Å². The van der Waals surface area contributed by atoms with E-state index in [0.717, 1.165) is 6.42 Å². The van der Waals surface area contributed by atoms with Crippen LogP contribution in [0, 0.1) is 22.7 Å². The van der Waals surface area contributed by atoms with Crippen molar-refractivity contribution >= 4 is 5.78 Å². The predicted molar refractivity (Wildman–Crippen MR) is 103 cm³/mol. The quantitative estimate of drug-likeness (QED) is 0.773. The molecule has 2 aromatic rings. The highest BCUT2D eigenvalue weighted by atomic mass is 16.2. The van der Waals surface area contributed by atoms with Gasteiger partial charge in [-0.15, -0.1) is 6.58 Å². The van der Waals surface area contributed by atoms with Gasteiger partial charge in [-0.25, -0.2) is 23.5 Å². The highest BCUT2D eigenvalue weighted by Gasteiger charge is 2.89. The van der Waals surface area contributed by atoms with E-state index in [9.17, 15) is 14.4 Å². The summed E-state index contributed by atoms with van der Waals surface area (Å²) in [7, 11) is 0. The molecule has 0 N–H and O–H groups in total. The Balaban J connectivity index is 1.62. The summed E-state index contributed by atoms with van der Waals surface area (Å²) < 4.78 is 4.47. The number of benzene rings is 1. The molecule has 7 rings (SSSR count). The van der Waals surface area contributed by atoms with Crippen LogP contribution in [0.15, 0.2) is 64.7 Å². The molecule has 2 fully saturated rings. The molecule has 2 bridgehead atoms. The van der Waals surface area contributed by atoms with Crippen molar-refractivity contribution in [3.05, 3.63) is 76.1 Å². The van der Waals surface area contributed by atoms with Crippen molar-refractivity contribution in [3.8, 4) is 5.69 Å². The normalized spacial score (nSPS) is 38.8. The molecule has 28 heavy (non-hydrogen) atoms. The van der Waals surface area contributed by atoms with Crippen molar-refractivity contribution in [2.24, 2.45) is 22.7 Å². The first-order valence-electron chi connectivity index (χ1n) is 9.83. The molecule has 1 spiro atoms. The summed E-state index contributed by atoms with van der Waals surface area (Å²) in [5.41, 5.74) is -0.829. The fourth-order valence-corrected chi connectivity index (χ4v) is 7.03. The van der Waals surface area contributed by atoms with Crippen LogP contribution in [0.3, 0.4) is 0 Å². The third kappa shape index (κ3) is 1.39. The van der Waals surface area contributed by atoms with E-state index in [0.29, 0.717) is 12.1 Å². The second-order valence-electron chi connectivity index (χ2n) is 8.71. The molecule has 6 atom stereocenters. The molecule has 2 aliphatic heterocycles. The molecular formula is C22H21N3O3. The van der Waals surface area contributed by atoms with E-state index < -0.39 is 5.41 Å². The van der Waals surface area contributed by atoms with Gasteiger partial charge in [-0.1, -0.05) is 43.4 Å². The van der Waals surface area contributed by atoms with Crippen molar-refractivity contribution in [3.63, 3.8) is 0 Å². The fourth-order valence-electron chi connectivity index (χ4n) is 7.03. The molecular weight excluding hydrogens is 354 g/mol. The maximum Gasteiger partial charge on any atom is 0.352 e. The smallest absolute Gasteiger partial charge is 0.299 e. The third-order valence-electron chi connectivity index (χ3n) is 7.98. The first-order chi connectivity index (χ1) is 13.5. The lowest BCUT2D eigenvalue weighted by Gasteiger charge is -2.42. The zero-order valence-corrected chi connectivity index (χ0v) is 15.6. The van der Waals surface area contributed by atoms with Crippen molar-refractivity contribution in [2.75, 3.05) is 0 Å². The lowest BCUT2D eigenvalue weighted by Crippen LogP contribution is -2.46. The van der Waals surface area contributed by atoms with Gasteiger partial charge in [0.1, 0.15) is 5.78 Å². The van der Waals surface area contributed by atoms with Gasteiger partial charge in [0, 0.05) is 23.2 Å². The molecule has 3 aliphatic carbocycles. The molecule has 0 radical (unpaired) electrons.